The van der Waals surface area contributed by atoms with Crippen molar-refractivity contribution in [3.8, 4) is 11.5 Å². The van der Waals surface area contributed by atoms with Gasteiger partial charge in [-0.05, 0) is 6.07 Å². The van der Waals surface area contributed by atoms with E-state index in [4.69, 9.17) is 26.2 Å². The maximum atomic E-state index is 8.74. The molecule has 0 aromatic heterocycles. The van der Waals surface area contributed by atoms with Gasteiger partial charge in [-0.1, -0.05) is 24.3 Å². The fourth-order valence-electron chi connectivity index (χ4n) is 1.50. The Kier molecular flexibility index (Phi) is 6.57. The van der Waals surface area contributed by atoms with Crippen molar-refractivity contribution in [3.05, 3.63) is 35.4 Å². The molecule has 5 heteroatoms. The van der Waals surface area contributed by atoms with Crippen molar-refractivity contribution in [1.82, 2.24) is 0 Å². The molecule has 18 heavy (non-hydrogen) atoms. The second-order valence-corrected chi connectivity index (χ2v) is 4.11. The highest BCUT2D eigenvalue weighted by molar-refractivity contribution is 6.31. The third kappa shape index (κ3) is 4.22. The maximum Gasteiger partial charge on any atom is 0.163 e. The summed E-state index contributed by atoms with van der Waals surface area (Å²) < 4.78 is 10.7. The van der Waals surface area contributed by atoms with Gasteiger partial charge in [0.15, 0.2) is 11.5 Å². The van der Waals surface area contributed by atoms with Gasteiger partial charge in [0, 0.05) is 11.6 Å². The van der Waals surface area contributed by atoms with Gasteiger partial charge in [0.05, 0.1) is 25.3 Å². The molecule has 1 rings (SSSR count). The fraction of sp³-hybridized carbons (Fsp3) is 0.385. The van der Waals surface area contributed by atoms with E-state index in [-0.39, 0.29) is 6.61 Å². The first-order valence-electron chi connectivity index (χ1n) is 5.75. The van der Waals surface area contributed by atoms with Gasteiger partial charge < -0.3 is 19.9 Å². The van der Waals surface area contributed by atoms with Crippen LogP contribution in [0.3, 0.4) is 0 Å². The highest BCUT2D eigenvalue weighted by atomic mass is 35.5. The van der Waals surface area contributed by atoms with Gasteiger partial charge in [-0.2, -0.15) is 0 Å². The van der Waals surface area contributed by atoms with Crippen LogP contribution in [-0.4, -0.2) is 32.0 Å². The van der Waals surface area contributed by atoms with Gasteiger partial charge in [-0.15, -0.1) is 0 Å². The molecule has 1 aromatic rings. The van der Waals surface area contributed by atoms with Crippen LogP contribution < -0.4 is 14.8 Å². The molecule has 0 spiro atoms. The van der Waals surface area contributed by atoms with E-state index in [1.807, 2.05) is 11.4 Å². The Balaban J connectivity index is 2.84. The Bertz CT molecular complexity index is 396. The van der Waals surface area contributed by atoms with Crippen LogP contribution in [0.2, 0.25) is 5.02 Å². The average Bonchev–Trinajstić information content (AvgIpc) is 2.38. The Morgan fingerprint density at radius 2 is 2.22 bits per heavy atom. The molecule has 0 heterocycles. The zero-order chi connectivity index (χ0) is 13.4. The smallest absolute Gasteiger partial charge is 0.163 e. The molecule has 0 fully saturated rings. The lowest BCUT2D eigenvalue weighted by Crippen LogP contribution is -2.83. The minimum atomic E-state index is 0.148. The number of nitrogens with two attached hydrogens (primary N) is 1. The lowest BCUT2D eigenvalue weighted by atomic mass is 10.2. The summed E-state index contributed by atoms with van der Waals surface area (Å²) in [5, 5.41) is 11.3. The largest absolute Gasteiger partial charge is 0.493 e. The van der Waals surface area contributed by atoms with Gasteiger partial charge in [0.25, 0.3) is 0 Å². The van der Waals surface area contributed by atoms with Crippen molar-refractivity contribution < 1.29 is 19.9 Å². The topological polar surface area (TPSA) is 55.3 Å². The summed E-state index contributed by atoms with van der Waals surface area (Å²) in [6.07, 6.45) is 1.66. The summed E-state index contributed by atoms with van der Waals surface area (Å²) in [7, 11) is 1.59. The Morgan fingerprint density at radius 3 is 2.83 bits per heavy atom. The van der Waals surface area contributed by atoms with Crippen molar-refractivity contribution in [1.29, 1.82) is 0 Å². The predicted molar refractivity (Wildman–Crippen MR) is 71.3 cm³/mol. The second-order valence-electron chi connectivity index (χ2n) is 3.70. The SMILES string of the molecule is C=CCOc1cc(Cl)c(C[NH2+]CCO)cc1OC. The van der Waals surface area contributed by atoms with Crippen LogP contribution in [0, 0.1) is 0 Å². The van der Waals surface area contributed by atoms with E-state index in [2.05, 4.69) is 6.58 Å². The van der Waals surface area contributed by atoms with E-state index < -0.39 is 0 Å². The molecule has 1 aromatic carbocycles. The van der Waals surface area contributed by atoms with Crippen LogP contribution in [0.4, 0.5) is 0 Å². The minimum absolute atomic E-state index is 0.148. The Labute approximate surface area is 112 Å². The van der Waals surface area contributed by atoms with Crippen molar-refractivity contribution in [2.24, 2.45) is 0 Å². The van der Waals surface area contributed by atoms with Crippen molar-refractivity contribution in [2.45, 2.75) is 6.54 Å². The number of ether oxygens (including phenoxy) is 2. The normalized spacial score (nSPS) is 10.2. The number of rotatable bonds is 8. The van der Waals surface area contributed by atoms with Gasteiger partial charge >= 0.3 is 0 Å². The summed E-state index contributed by atoms with van der Waals surface area (Å²) >= 11 is 6.17. The van der Waals surface area contributed by atoms with Gasteiger partial charge in [0.2, 0.25) is 0 Å². The molecule has 0 saturated heterocycles. The van der Waals surface area contributed by atoms with Crippen LogP contribution in [0.15, 0.2) is 24.8 Å². The minimum Gasteiger partial charge on any atom is -0.493 e. The third-order valence-electron chi connectivity index (χ3n) is 2.39. The number of quaternary nitrogens is 1. The number of halogens is 1. The molecule has 0 aliphatic heterocycles. The van der Waals surface area contributed by atoms with Crippen molar-refractivity contribution >= 4 is 11.6 Å². The average molecular weight is 273 g/mol. The van der Waals surface area contributed by atoms with Crippen molar-refractivity contribution in [2.75, 3.05) is 26.9 Å². The summed E-state index contributed by atoms with van der Waals surface area (Å²) in [5.41, 5.74) is 0.952. The highest BCUT2D eigenvalue weighted by Crippen LogP contribution is 2.33. The lowest BCUT2D eigenvalue weighted by molar-refractivity contribution is -0.671. The molecule has 3 N–H and O–H groups in total. The van der Waals surface area contributed by atoms with Gasteiger partial charge in [-0.3, -0.25) is 0 Å². The number of aliphatic hydroxyl groups is 1. The third-order valence-corrected chi connectivity index (χ3v) is 2.74. The van der Waals surface area contributed by atoms with Crippen LogP contribution in [0.5, 0.6) is 11.5 Å². The molecule has 0 amide bonds. The number of methoxy groups -OCH3 is 1. The van der Waals surface area contributed by atoms with E-state index >= 15 is 0 Å². The first-order valence-corrected chi connectivity index (χ1v) is 6.13. The number of benzene rings is 1. The molecular weight excluding hydrogens is 254 g/mol. The Hall–Kier alpha value is -1.23. The second kappa shape index (κ2) is 7.97. The molecule has 0 aliphatic carbocycles. The van der Waals surface area contributed by atoms with Crippen LogP contribution >= 0.6 is 11.6 Å². The molecule has 100 valence electrons. The van der Waals surface area contributed by atoms with Crippen LogP contribution in [0.1, 0.15) is 5.56 Å². The molecule has 0 bridgehead atoms. The van der Waals surface area contributed by atoms with E-state index in [0.717, 1.165) is 5.56 Å². The van der Waals surface area contributed by atoms with Crippen LogP contribution in [-0.2, 0) is 6.54 Å². The summed E-state index contributed by atoms with van der Waals surface area (Å²) in [5.74, 6) is 1.25. The predicted octanol–water partition coefficient (Wildman–Crippen LogP) is 0.969. The quantitative estimate of drug-likeness (QED) is 0.548. The van der Waals surface area contributed by atoms with E-state index in [9.17, 15) is 0 Å². The van der Waals surface area contributed by atoms with E-state index in [1.165, 1.54) is 0 Å². The van der Waals surface area contributed by atoms with Gasteiger partial charge in [0.1, 0.15) is 13.2 Å². The molecular formula is C13H19ClNO3+. The maximum absolute atomic E-state index is 8.74. The number of hydrogen-bond acceptors (Lipinski definition) is 3. The highest BCUT2D eigenvalue weighted by Gasteiger charge is 2.11. The molecule has 4 nitrogen and oxygen atoms in total. The Morgan fingerprint density at radius 1 is 1.44 bits per heavy atom. The summed E-state index contributed by atoms with van der Waals surface area (Å²) in [6.45, 7) is 5.49. The lowest BCUT2D eigenvalue weighted by Gasteiger charge is -2.12. The summed E-state index contributed by atoms with van der Waals surface area (Å²) in [6, 6.07) is 3.60. The number of hydrogen-bond donors (Lipinski definition) is 2. The number of aliphatic hydroxyl groups excluding tert-OH is 1. The van der Waals surface area contributed by atoms with Crippen molar-refractivity contribution in [3.63, 3.8) is 0 Å². The zero-order valence-electron chi connectivity index (χ0n) is 10.5. The first-order chi connectivity index (χ1) is 8.72. The van der Waals surface area contributed by atoms with E-state index in [1.54, 1.807) is 19.3 Å². The van der Waals surface area contributed by atoms with Crippen LogP contribution in [0.25, 0.3) is 0 Å². The monoisotopic (exact) mass is 272 g/mol. The standard InChI is InChI=1S/C13H18ClNO3/c1-3-6-18-13-8-11(14)10(7-12(13)17-2)9-15-4-5-16/h3,7-8,15-16H,1,4-6,9H2,2H3/p+1. The molecule has 0 saturated carbocycles. The molecule has 0 radical (unpaired) electrons. The molecule has 0 aliphatic rings. The zero-order valence-corrected chi connectivity index (χ0v) is 11.2. The van der Waals surface area contributed by atoms with E-state index in [0.29, 0.717) is 36.2 Å². The molecule has 0 unspecified atom stereocenters. The van der Waals surface area contributed by atoms with Gasteiger partial charge in [-0.25, -0.2) is 0 Å². The molecule has 0 atom stereocenters. The fourth-order valence-corrected chi connectivity index (χ4v) is 1.73. The first kappa shape index (κ1) is 14.8. The summed E-state index contributed by atoms with van der Waals surface area (Å²) in [4.78, 5) is 0.